The average molecular weight is 455 g/mol. The molecule has 0 aromatic rings. The quantitative estimate of drug-likeness (QED) is 0.450. The molecule has 4 fully saturated rings. The lowest BCUT2D eigenvalue weighted by Gasteiger charge is -2.38. The van der Waals surface area contributed by atoms with Crippen LogP contribution in [-0.4, -0.2) is 41.0 Å². The normalized spacial score (nSPS) is 43.4. The summed E-state index contributed by atoms with van der Waals surface area (Å²) in [5, 5.41) is 0.199. The first-order valence-electron chi connectivity index (χ1n) is 13.4. The lowest BCUT2D eigenvalue weighted by atomic mass is 9.71. The van der Waals surface area contributed by atoms with Gasteiger partial charge in [0, 0.05) is 7.11 Å². The first-order valence-corrected chi connectivity index (χ1v) is 14.5. The standard InChI is InChI=1S/C26H46O4S/c1-19-3-5-20(6-4-19)21-7-9-23(10-8-21)29-24-15-17-26(18-16-24)31(27)30-25-13-11-22(28-2)12-14-25/h19-26H,3-18H2,1-2H3. The van der Waals surface area contributed by atoms with Crippen LogP contribution < -0.4 is 0 Å². The van der Waals surface area contributed by atoms with E-state index in [1.165, 1.54) is 51.4 Å². The van der Waals surface area contributed by atoms with Crippen molar-refractivity contribution in [1.29, 1.82) is 0 Å². The van der Waals surface area contributed by atoms with Gasteiger partial charge in [-0.3, -0.25) is 4.18 Å². The minimum absolute atomic E-state index is 0.156. The third-order valence-electron chi connectivity index (χ3n) is 8.91. The molecular weight excluding hydrogens is 408 g/mol. The minimum Gasteiger partial charge on any atom is -0.381 e. The Kier molecular flexibility index (Phi) is 9.31. The van der Waals surface area contributed by atoms with Crippen LogP contribution in [0.5, 0.6) is 0 Å². The first-order chi connectivity index (χ1) is 15.1. The van der Waals surface area contributed by atoms with Crippen LogP contribution in [0.2, 0.25) is 0 Å². The zero-order valence-corrected chi connectivity index (χ0v) is 20.8. The van der Waals surface area contributed by atoms with E-state index in [4.69, 9.17) is 13.7 Å². The molecule has 0 amide bonds. The zero-order chi connectivity index (χ0) is 21.6. The van der Waals surface area contributed by atoms with E-state index in [0.717, 1.165) is 69.1 Å². The van der Waals surface area contributed by atoms with Crippen molar-refractivity contribution in [3.8, 4) is 0 Å². The first kappa shape index (κ1) is 24.2. The van der Waals surface area contributed by atoms with Crippen molar-refractivity contribution in [3.05, 3.63) is 0 Å². The van der Waals surface area contributed by atoms with Gasteiger partial charge < -0.3 is 9.47 Å². The largest absolute Gasteiger partial charge is 0.381 e. The summed E-state index contributed by atoms with van der Waals surface area (Å²) in [5.41, 5.74) is 0. The van der Waals surface area contributed by atoms with Gasteiger partial charge in [0.15, 0.2) is 11.1 Å². The third-order valence-corrected chi connectivity index (χ3v) is 10.4. The molecule has 0 bridgehead atoms. The molecule has 0 heterocycles. The SMILES string of the molecule is COC1CCC(OS(=O)C2CCC(OC3CCC(C4CCC(C)CC4)CC3)CC2)CC1. The maximum atomic E-state index is 12.7. The molecular formula is C26H46O4S. The monoisotopic (exact) mass is 454 g/mol. The van der Waals surface area contributed by atoms with E-state index < -0.39 is 11.1 Å². The molecule has 31 heavy (non-hydrogen) atoms. The van der Waals surface area contributed by atoms with Gasteiger partial charge in [0.2, 0.25) is 0 Å². The lowest BCUT2D eigenvalue weighted by Crippen LogP contribution is -2.35. The van der Waals surface area contributed by atoms with Crippen LogP contribution in [0, 0.1) is 17.8 Å². The van der Waals surface area contributed by atoms with Crippen LogP contribution in [0.4, 0.5) is 0 Å². The van der Waals surface area contributed by atoms with Crippen LogP contribution in [0.25, 0.3) is 0 Å². The van der Waals surface area contributed by atoms with Crippen molar-refractivity contribution in [2.45, 2.75) is 139 Å². The molecule has 0 N–H and O–H groups in total. The van der Waals surface area contributed by atoms with E-state index >= 15 is 0 Å². The molecule has 0 aromatic carbocycles. The second-order valence-corrected chi connectivity index (χ2v) is 12.5. The van der Waals surface area contributed by atoms with Crippen molar-refractivity contribution in [2.75, 3.05) is 7.11 Å². The molecule has 0 radical (unpaired) electrons. The molecule has 1 unspecified atom stereocenters. The molecule has 5 heteroatoms. The summed E-state index contributed by atoms with van der Waals surface area (Å²) in [5.74, 6) is 2.91. The molecule has 4 nitrogen and oxygen atoms in total. The highest BCUT2D eigenvalue weighted by atomic mass is 32.2. The Hall–Kier alpha value is 0.0300. The maximum Gasteiger partial charge on any atom is 0.158 e. The maximum absolute atomic E-state index is 12.7. The lowest BCUT2D eigenvalue weighted by molar-refractivity contribution is -0.0554. The topological polar surface area (TPSA) is 44.8 Å². The minimum atomic E-state index is -1.15. The van der Waals surface area contributed by atoms with E-state index in [0.29, 0.717) is 18.3 Å². The number of rotatable bonds is 7. The molecule has 4 saturated carbocycles. The van der Waals surface area contributed by atoms with Gasteiger partial charge in [-0.25, -0.2) is 4.21 Å². The summed E-state index contributed by atoms with van der Waals surface area (Å²) in [6.45, 7) is 2.42. The van der Waals surface area contributed by atoms with E-state index in [-0.39, 0.29) is 11.4 Å². The number of hydrogen-bond acceptors (Lipinski definition) is 4. The van der Waals surface area contributed by atoms with E-state index in [2.05, 4.69) is 6.92 Å². The van der Waals surface area contributed by atoms with Crippen LogP contribution in [-0.2, 0) is 24.7 Å². The fourth-order valence-corrected chi connectivity index (χ4v) is 7.94. The number of ether oxygens (including phenoxy) is 2. The average Bonchev–Trinajstić information content (AvgIpc) is 2.81. The second kappa shape index (κ2) is 11.9. The van der Waals surface area contributed by atoms with Crippen LogP contribution in [0.3, 0.4) is 0 Å². The highest BCUT2D eigenvalue weighted by molar-refractivity contribution is 7.80. The molecule has 0 spiro atoms. The smallest absolute Gasteiger partial charge is 0.158 e. The predicted octanol–water partition coefficient (Wildman–Crippen LogP) is 6.34. The summed E-state index contributed by atoms with van der Waals surface area (Å²) >= 11 is -1.15. The highest BCUT2D eigenvalue weighted by Crippen LogP contribution is 2.41. The number of hydrogen-bond donors (Lipinski definition) is 0. The summed E-state index contributed by atoms with van der Waals surface area (Å²) in [6.07, 6.45) is 20.6. The fourth-order valence-electron chi connectivity index (χ4n) is 6.66. The van der Waals surface area contributed by atoms with Gasteiger partial charge in [-0.15, -0.1) is 0 Å². The predicted molar refractivity (Wildman–Crippen MR) is 126 cm³/mol. The van der Waals surface area contributed by atoms with Gasteiger partial charge in [0.25, 0.3) is 0 Å². The summed E-state index contributed by atoms with van der Waals surface area (Å²) in [7, 11) is 1.79. The Labute approximate surface area is 193 Å². The zero-order valence-electron chi connectivity index (χ0n) is 20.0. The van der Waals surface area contributed by atoms with Gasteiger partial charge in [0.05, 0.1) is 29.7 Å². The van der Waals surface area contributed by atoms with Gasteiger partial charge in [0.1, 0.15) is 0 Å². The molecule has 180 valence electrons. The summed E-state index contributed by atoms with van der Waals surface area (Å²) < 4.78 is 30.7. The molecule has 0 aromatic heterocycles. The molecule has 0 saturated heterocycles. The van der Waals surface area contributed by atoms with Crippen LogP contribution >= 0.6 is 0 Å². The van der Waals surface area contributed by atoms with Gasteiger partial charge >= 0.3 is 0 Å². The Balaban J connectivity index is 1.11. The summed E-state index contributed by atoms with van der Waals surface area (Å²) in [6, 6.07) is 0. The molecule has 0 aliphatic heterocycles. The van der Waals surface area contributed by atoms with Crippen molar-refractivity contribution in [2.24, 2.45) is 17.8 Å². The van der Waals surface area contributed by atoms with Gasteiger partial charge in [-0.2, -0.15) is 0 Å². The number of methoxy groups -OCH3 is 1. The Morgan fingerprint density at radius 1 is 0.581 bits per heavy atom. The van der Waals surface area contributed by atoms with Crippen molar-refractivity contribution >= 4 is 11.1 Å². The second-order valence-electron chi connectivity index (χ2n) is 11.1. The van der Waals surface area contributed by atoms with Gasteiger partial charge in [-0.1, -0.05) is 19.8 Å². The van der Waals surface area contributed by atoms with E-state index in [9.17, 15) is 4.21 Å². The highest BCUT2D eigenvalue weighted by Gasteiger charge is 2.33. The van der Waals surface area contributed by atoms with Crippen LogP contribution in [0.1, 0.15) is 110 Å². The Morgan fingerprint density at radius 2 is 1.03 bits per heavy atom. The van der Waals surface area contributed by atoms with Crippen molar-refractivity contribution in [1.82, 2.24) is 0 Å². The Bertz CT molecular complexity index is 538. The van der Waals surface area contributed by atoms with Crippen LogP contribution in [0.15, 0.2) is 0 Å². The molecule has 4 aliphatic carbocycles. The van der Waals surface area contributed by atoms with Crippen molar-refractivity contribution in [3.63, 3.8) is 0 Å². The fraction of sp³-hybridized carbons (Fsp3) is 1.00. The molecule has 1 atom stereocenters. The van der Waals surface area contributed by atoms with Gasteiger partial charge in [-0.05, 0) is 108 Å². The van der Waals surface area contributed by atoms with E-state index in [1.54, 1.807) is 7.11 Å². The Morgan fingerprint density at radius 3 is 1.58 bits per heavy atom. The van der Waals surface area contributed by atoms with Crippen molar-refractivity contribution < 1.29 is 17.9 Å². The van der Waals surface area contributed by atoms with E-state index in [1.807, 2.05) is 0 Å². The third kappa shape index (κ3) is 7.01. The molecule has 4 aliphatic rings. The molecule has 4 rings (SSSR count). The summed E-state index contributed by atoms with van der Waals surface area (Å²) in [4.78, 5) is 0.